The third-order valence-electron chi connectivity index (χ3n) is 0. The molecule has 0 aliphatic rings. The van der Waals surface area contributed by atoms with Gasteiger partial charge in [-0.3, -0.25) is 0 Å². The van der Waals surface area contributed by atoms with E-state index in [1.54, 1.807) is 13.8 Å². The van der Waals surface area contributed by atoms with Gasteiger partial charge in [-0.25, -0.2) is 0 Å². The summed E-state index contributed by atoms with van der Waals surface area (Å²) in [6.07, 6.45) is 4.60. The number of hydrogen-bond acceptors (Lipinski definition) is 0. The minimum atomic E-state index is 0. The molecule has 0 nitrogen and oxygen atoms in total. The summed E-state index contributed by atoms with van der Waals surface area (Å²) in [6, 6.07) is 0. The van der Waals surface area contributed by atoms with Crippen LogP contribution < -0.4 is 0 Å². The minimum Gasteiger partial charge on any atom is -0.120 e. The van der Waals surface area contributed by atoms with Crippen molar-refractivity contribution in [2.75, 3.05) is 0 Å². The fourth-order valence-corrected chi connectivity index (χ4v) is 0. The lowest BCUT2D eigenvalue weighted by molar-refractivity contribution is 1.50. The van der Waals surface area contributed by atoms with Crippen molar-refractivity contribution in [3.05, 3.63) is 0 Å². The van der Waals surface area contributed by atoms with Gasteiger partial charge in [-0.2, -0.15) is 0 Å². The molecule has 82 valence electrons. The molecular weight excluding hydrogens is 132 g/mol. The van der Waals surface area contributed by atoms with Crippen LogP contribution >= 0.6 is 0 Å². The average molecular weight is 178 g/mol. The Labute approximate surface area is 84.4 Å². The van der Waals surface area contributed by atoms with E-state index in [9.17, 15) is 0 Å². The van der Waals surface area contributed by atoms with Crippen LogP contribution in [0.4, 0.5) is 0 Å². The van der Waals surface area contributed by atoms with Crippen molar-refractivity contribution in [2.24, 2.45) is 0 Å². The van der Waals surface area contributed by atoms with Crippen LogP contribution in [-0.2, 0) is 0 Å². The van der Waals surface area contributed by atoms with E-state index in [1.165, 1.54) is 0 Å². The van der Waals surface area contributed by atoms with E-state index < -0.39 is 0 Å². The van der Waals surface area contributed by atoms with Crippen LogP contribution in [0.2, 0.25) is 0 Å². The smallest absolute Gasteiger partial charge is 0.0228 e. The summed E-state index contributed by atoms with van der Waals surface area (Å²) >= 11 is 0. The van der Waals surface area contributed by atoms with E-state index in [1.807, 2.05) is 0 Å². The summed E-state index contributed by atoms with van der Waals surface area (Å²) in [5.41, 5.74) is 0. The fourth-order valence-electron chi connectivity index (χ4n) is 0. The molecule has 0 aliphatic carbocycles. The SMILES string of the molecule is C.C.C.C.C.C.C#CC.[3HH].[3H]CC.[3H][3H]. The van der Waals surface area contributed by atoms with E-state index in [4.69, 9.17) is 4.34 Å². The van der Waals surface area contributed by atoms with Gasteiger partial charge in [-0.1, -0.05) is 58.4 Å². The van der Waals surface area contributed by atoms with Crippen molar-refractivity contribution in [3.8, 4) is 12.3 Å². The Morgan fingerprint density at radius 1 is 1.18 bits per heavy atom. The quantitative estimate of drug-likeness (QED) is 0.401. The summed E-state index contributed by atoms with van der Waals surface area (Å²) in [5, 5.41) is 0. The zero-order chi connectivity index (χ0) is 7.41. The summed E-state index contributed by atoms with van der Waals surface area (Å²) in [6.45, 7) is 3.94. The molecule has 0 heteroatoms. The van der Waals surface area contributed by atoms with Crippen molar-refractivity contribution in [2.45, 2.75) is 65.3 Å². The predicted octanol–water partition coefficient (Wildman–Crippen LogP) is 5.97. The Morgan fingerprint density at radius 2 is 1.18 bits per heavy atom. The largest absolute Gasteiger partial charge is 0.120 e. The van der Waals surface area contributed by atoms with Crippen LogP contribution in [0.15, 0.2) is 0 Å². The van der Waals surface area contributed by atoms with Gasteiger partial charge in [0, 0.05) is 5.77 Å². The summed E-state index contributed by atoms with van der Waals surface area (Å²) in [7, 11) is 0. The Hall–Kier alpha value is -0.440. The molecule has 0 atom stereocenters. The first-order valence-electron chi connectivity index (χ1n) is 3.20. The molecule has 0 aromatic carbocycles. The standard InChI is InChI=1S/C3H4.C2H6.6CH4.2H2/c1-3-2;1-2;;;;;;;;/h1H,2H3;1-2H3;6*1H4;2*1H/i;1T;;;;;;;1+2T;1+2. The van der Waals surface area contributed by atoms with Crippen molar-refractivity contribution in [3.63, 3.8) is 0 Å². The third kappa shape index (κ3) is 2820. The highest BCUT2D eigenvalue weighted by atomic mass is 13.2. The van der Waals surface area contributed by atoms with Crippen molar-refractivity contribution >= 4 is 0 Å². The Bertz CT molecular complexity index is 42.3. The van der Waals surface area contributed by atoms with Crippen LogP contribution in [-0.4, -0.2) is 0 Å². The van der Waals surface area contributed by atoms with Gasteiger partial charge in [0.05, 0.1) is 0 Å². The molecular formula is C11H38. The molecule has 0 saturated heterocycles. The Morgan fingerprint density at radius 3 is 1.18 bits per heavy atom. The van der Waals surface area contributed by atoms with Gasteiger partial charge < -0.3 is 0 Å². The van der Waals surface area contributed by atoms with Gasteiger partial charge in [0.1, 0.15) is 0 Å². The zero-order valence-electron chi connectivity index (χ0n) is 6.78. The third-order valence-corrected chi connectivity index (χ3v) is 0. The normalized spacial score (nSPS) is 3.18. The van der Waals surface area contributed by atoms with Gasteiger partial charge in [-0.15, -0.1) is 12.3 Å². The topological polar surface area (TPSA) is 0 Å². The van der Waals surface area contributed by atoms with Gasteiger partial charge in [0.2, 0.25) is 0 Å². The molecule has 0 bridgehead atoms. The first-order valence-corrected chi connectivity index (χ1v) is 1.50. The van der Waals surface area contributed by atoms with E-state index >= 15 is 0 Å². The van der Waals surface area contributed by atoms with Crippen molar-refractivity contribution in [1.82, 2.24) is 0 Å². The van der Waals surface area contributed by atoms with Crippen LogP contribution in [0.1, 0.15) is 71.1 Å². The van der Waals surface area contributed by atoms with E-state index in [0.29, 0.717) is 6.90 Å². The second-order valence-electron chi connectivity index (χ2n) is 0.289. The van der Waals surface area contributed by atoms with Crippen LogP contribution in [0, 0.1) is 12.3 Å². The first kappa shape index (κ1) is 46.4. The number of terminal acetylenes is 1. The lowest BCUT2D eigenvalue weighted by atomic mass is 10.9. The molecule has 0 N–H and O–H groups in total. The highest BCUT2D eigenvalue weighted by Gasteiger charge is 1.09. The lowest BCUT2D eigenvalue weighted by Gasteiger charge is -1.23. The highest BCUT2D eigenvalue weighted by Crippen LogP contribution is 1.21. The van der Waals surface area contributed by atoms with Crippen LogP contribution in [0.25, 0.3) is 0 Å². The lowest BCUT2D eigenvalue weighted by Crippen LogP contribution is -1.10. The summed E-state index contributed by atoms with van der Waals surface area (Å²) in [5.74, 6) is 2.25. The second-order valence-corrected chi connectivity index (χ2v) is 0.289. The molecule has 0 aromatic heterocycles. The molecule has 0 saturated carbocycles. The molecule has 0 fully saturated rings. The molecule has 0 aliphatic heterocycles. The summed E-state index contributed by atoms with van der Waals surface area (Å²) in [4.78, 5) is 0. The summed E-state index contributed by atoms with van der Waals surface area (Å²) < 4.78 is 16.2. The van der Waals surface area contributed by atoms with Crippen LogP contribution in [0.5, 0.6) is 0 Å². The molecule has 0 amide bonds. The highest BCUT2D eigenvalue weighted by molar-refractivity contribution is 4.73. The maximum atomic E-state index is 6.21. The number of hydrogen-bond donors (Lipinski definition) is 0. The molecule has 0 rings (SSSR count). The van der Waals surface area contributed by atoms with E-state index in [2.05, 4.69) is 12.3 Å². The fraction of sp³-hybridized carbons (Fsp3) is 0.818. The van der Waals surface area contributed by atoms with Gasteiger partial charge in [-0.05, 0) is 6.92 Å². The van der Waals surface area contributed by atoms with Crippen molar-refractivity contribution < 1.29 is 5.77 Å². The molecule has 0 unspecified atom stereocenters. The average Bonchev–Trinajstić information content (AvgIpc) is 1.75. The molecule has 0 spiro atoms. The second kappa shape index (κ2) is 2230. The maximum Gasteiger partial charge on any atom is 0.0228 e. The molecule has 0 aromatic rings. The molecule has 11 heavy (non-hydrogen) atoms. The predicted molar refractivity (Wildman–Crippen MR) is 70.5 cm³/mol. The van der Waals surface area contributed by atoms with Crippen LogP contribution in [0.3, 0.4) is 0 Å². The zero-order valence-corrected chi connectivity index (χ0v) is 3.78. The van der Waals surface area contributed by atoms with Gasteiger partial charge in [0.15, 0.2) is 0 Å². The molecule has 0 radical (unpaired) electrons. The minimum absolute atomic E-state index is 0. The van der Waals surface area contributed by atoms with E-state index in [0.717, 1.165) is 0 Å². The van der Waals surface area contributed by atoms with Crippen molar-refractivity contribution in [1.29, 1.82) is 0 Å². The number of rotatable bonds is 0. The maximum absolute atomic E-state index is 6.21. The first-order chi connectivity index (χ1) is 3.83. The Kier molecular flexibility index (Phi) is 9430. The van der Waals surface area contributed by atoms with E-state index in [-0.39, 0.29) is 46.0 Å². The monoisotopic (exact) mass is 178 g/mol. The van der Waals surface area contributed by atoms with Gasteiger partial charge in [0.25, 0.3) is 0 Å². The Balaban J connectivity index is -0.00000000256. The molecule has 0 heterocycles. The van der Waals surface area contributed by atoms with Gasteiger partial charge >= 0.3 is 0 Å².